The Labute approximate surface area is 110 Å². The van der Waals surface area contributed by atoms with Crippen molar-refractivity contribution in [2.45, 2.75) is 13.0 Å². The van der Waals surface area contributed by atoms with E-state index in [2.05, 4.69) is 10.2 Å². The summed E-state index contributed by atoms with van der Waals surface area (Å²) in [6, 6.07) is 7.42. The summed E-state index contributed by atoms with van der Waals surface area (Å²) in [5.41, 5.74) is 0. The van der Waals surface area contributed by atoms with Crippen LogP contribution in [-0.4, -0.2) is 21.9 Å². The second-order valence-corrected chi connectivity index (χ2v) is 4.27. The molecule has 5 nitrogen and oxygen atoms in total. The fraction of sp³-hybridized carbons (Fsp3) is 0.333. The third kappa shape index (κ3) is 2.53. The normalized spacial score (nSPS) is 12.2. The molecule has 0 saturated heterocycles. The zero-order valence-corrected chi connectivity index (χ0v) is 11.3. The Morgan fingerprint density at radius 2 is 1.89 bits per heavy atom. The zero-order valence-electron chi connectivity index (χ0n) is 10.5. The molecular weight excluding hydrogens is 250 g/mol. The summed E-state index contributed by atoms with van der Waals surface area (Å²) >= 11 is 5.06. The molecule has 6 heteroatoms. The second-order valence-electron chi connectivity index (χ2n) is 3.88. The summed E-state index contributed by atoms with van der Waals surface area (Å²) in [6.45, 7) is 1.93. The molecule has 0 saturated carbocycles. The van der Waals surface area contributed by atoms with E-state index < -0.39 is 0 Å². The van der Waals surface area contributed by atoms with Crippen molar-refractivity contribution in [1.29, 1.82) is 0 Å². The Bertz CT molecular complexity index is 574. The Balaban J connectivity index is 2.13. The van der Waals surface area contributed by atoms with E-state index >= 15 is 0 Å². The number of rotatable bonds is 4. The summed E-state index contributed by atoms with van der Waals surface area (Å²) in [6.07, 6.45) is -0.184. The highest BCUT2D eigenvalue weighted by Crippen LogP contribution is 2.22. The van der Waals surface area contributed by atoms with Gasteiger partial charge in [-0.2, -0.15) is 5.10 Å². The molecule has 0 aliphatic heterocycles. The molecule has 0 aliphatic carbocycles. The first-order chi connectivity index (χ1) is 8.61. The topological polar surface area (TPSA) is 52.1 Å². The van der Waals surface area contributed by atoms with E-state index in [1.54, 1.807) is 11.7 Å². The van der Waals surface area contributed by atoms with Gasteiger partial charge in [-0.05, 0) is 43.4 Å². The average Bonchev–Trinajstić information content (AvgIpc) is 2.71. The van der Waals surface area contributed by atoms with Crippen molar-refractivity contribution in [2.24, 2.45) is 7.05 Å². The maximum atomic E-state index is 5.79. The highest BCUT2D eigenvalue weighted by molar-refractivity contribution is 7.71. The van der Waals surface area contributed by atoms with E-state index in [-0.39, 0.29) is 6.10 Å². The molecular formula is C12H15N3O2S. The standard InChI is InChI=1S/C12H15N3O2S/c1-8(11-13-14-12(18)15(11)2)17-10-6-4-9(16-3)5-7-10/h4-8H,1-3H3,(H,14,18)/t8-/m0/s1. The van der Waals surface area contributed by atoms with Gasteiger partial charge in [0, 0.05) is 7.05 Å². The van der Waals surface area contributed by atoms with Crippen LogP contribution in [0.1, 0.15) is 18.9 Å². The Morgan fingerprint density at radius 1 is 1.28 bits per heavy atom. The van der Waals surface area contributed by atoms with Crippen molar-refractivity contribution in [2.75, 3.05) is 7.11 Å². The first-order valence-electron chi connectivity index (χ1n) is 5.54. The molecule has 1 heterocycles. The first-order valence-corrected chi connectivity index (χ1v) is 5.94. The van der Waals surface area contributed by atoms with Gasteiger partial charge in [-0.25, -0.2) is 0 Å². The minimum atomic E-state index is -0.184. The highest BCUT2D eigenvalue weighted by atomic mass is 32.1. The highest BCUT2D eigenvalue weighted by Gasteiger charge is 2.13. The summed E-state index contributed by atoms with van der Waals surface area (Å²) in [5.74, 6) is 2.32. The molecule has 18 heavy (non-hydrogen) atoms. The fourth-order valence-electron chi connectivity index (χ4n) is 1.63. The van der Waals surface area contributed by atoms with Gasteiger partial charge >= 0.3 is 0 Å². The Morgan fingerprint density at radius 3 is 2.39 bits per heavy atom. The minimum Gasteiger partial charge on any atom is -0.497 e. The van der Waals surface area contributed by atoms with E-state index in [9.17, 15) is 0 Å². The van der Waals surface area contributed by atoms with Gasteiger partial charge in [0.25, 0.3) is 0 Å². The number of nitrogens with zero attached hydrogens (tertiary/aromatic N) is 2. The maximum absolute atomic E-state index is 5.79. The van der Waals surface area contributed by atoms with Crippen molar-refractivity contribution >= 4 is 12.2 Å². The van der Waals surface area contributed by atoms with Gasteiger partial charge in [0.15, 0.2) is 16.7 Å². The van der Waals surface area contributed by atoms with Crippen LogP contribution >= 0.6 is 12.2 Å². The molecule has 0 unspecified atom stereocenters. The molecule has 0 radical (unpaired) electrons. The lowest BCUT2D eigenvalue weighted by Gasteiger charge is -2.13. The molecule has 1 N–H and O–H groups in total. The van der Waals surface area contributed by atoms with E-state index in [1.165, 1.54) is 0 Å². The summed E-state index contributed by atoms with van der Waals surface area (Å²) < 4.78 is 13.3. The zero-order chi connectivity index (χ0) is 13.1. The van der Waals surface area contributed by atoms with Crippen LogP contribution in [0.25, 0.3) is 0 Å². The number of methoxy groups -OCH3 is 1. The SMILES string of the molecule is COc1ccc(O[C@@H](C)c2n[nH]c(=S)n2C)cc1. The molecule has 1 atom stereocenters. The van der Waals surface area contributed by atoms with Crippen LogP contribution in [0.4, 0.5) is 0 Å². The molecule has 2 aromatic rings. The largest absolute Gasteiger partial charge is 0.497 e. The van der Waals surface area contributed by atoms with Crippen LogP contribution in [-0.2, 0) is 7.05 Å². The molecule has 0 spiro atoms. The number of aromatic nitrogens is 3. The van der Waals surface area contributed by atoms with Gasteiger partial charge in [0.1, 0.15) is 11.5 Å². The molecule has 0 amide bonds. The number of H-pyrrole nitrogens is 1. The number of ether oxygens (including phenoxy) is 2. The minimum absolute atomic E-state index is 0.184. The predicted molar refractivity (Wildman–Crippen MR) is 70.4 cm³/mol. The molecule has 0 aliphatic rings. The number of aromatic amines is 1. The Kier molecular flexibility index (Phi) is 3.66. The van der Waals surface area contributed by atoms with Crippen LogP contribution in [0.5, 0.6) is 11.5 Å². The van der Waals surface area contributed by atoms with Gasteiger partial charge in [-0.1, -0.05) is 0 Å². The predicted octanol–water partition coefficient (Wildman–Crippen LogP) is 2.63. The van der Waals surface area contributed by atoms with Gasteiger partial charge in [0.2, 0.25) is 0 Å². The van der Waals surface area contributed by atoms with Crippen molar-refractivity contribution in [3.05, 3.63) is 34.9 Å². The lowest BCUT2D eigenvalue weighted by molar-refractivity contribution is 0.212. The number of hydrogen-bond acceptors (Lipinski definition) is 4. The lowest BCUT2D eigenvalue weighted by Crippen LogP contribution is -2.09. The first kappa shape index (κ1) is 12.6. The van der Waals surface area contributed by atoms with Crippen molar-refractivity contribution in [3.63, 3.8) is 0 Å². The second kappa shape index (κ2) is 5.22. The van der Waals surface area contributed by atoms with Crippen molar-refractivity contribution < 1.29 is 9.47 Å². The summed E-state index contributed by atoms with van der Waals surface area (Å²) in [4.78, 5) is 0. The van der Waals surface area contributed by atoms with Crippen LogP contribution in [0.2, 0.25) is 0 Å². The van der Waals surface area contributed by atoms with E-state index in [0.717, 1.165) is 17.3 Å². The molecule has 2 rings (SSSR count). The average molecular weight is 265 g/mol. The monoisotopic (exact) mass is 265 g/mol. The Hall–Kier alpha value is -1.82. The van der Waals surface area contributed by atoms with Crippen LogP contribution in [0.15, 0.2) is 24.3 Å². The van der Waals surface area contributed by atoms with E-state index in [4.69, 9.17) is 21.7 Å². The molecule has 1 aromatic carbocycles. The lowest BCUT2D eigenvalue weighted by atomic mass is 10.3. The smallest absolute Gasteiger partial charge is 0.195 e. The third-order valence-corrected chi connectivity index (χ3v) is 3.02. The van der Waals surface area contributed by atoms with Crippen molar-refractivity contribution in [3.8, 4) is 11.5 Å². The van der Waals surface area contributed by atoms with E-state index in [1.807, 2.05) is 38.2 Å². The quantitative estimate of drug-likeness (QED) is 0.863. The van der Waals surface area contributed by atoms with Gasteiger partial charge < -0.3 is 14.0 Å². The number of benzene rings is 1. The molecule has 0 bridgehead atoms. The number of nitrogens with one attached hydrogen (secondary N) is 1. The van der Waals surface area contributed by atoms with Crippen molar-refractivity contribution in [1.82, 2.24) is 14.8 Å². The van der Waals surface area contributed by atoms with Crippen LogP contribution in [0.3, 0.4) is 0 Å². The van der Waals surface area contributed by atoms with Gasteiger partial charge in [0.05, 0.1) is 7.11 Å². The maximum Gasteiger partial charge on any atom is 0.195 e. The fourth-order valence-corrected chi connectivity index (χ4v) is 1.77. The van der Waals surface area contributed by atoms with Crippen LogP contribution < -0.4 is 9.47 Å². The molecule has 1 aromatic heterocycles. The third-order valence-electron chi connectivity index (χ3n) is 2.65. The van der Waals surface area contributed by atoms with Gasteiger partial charge in [-0.3, -0.25) is 5.10 Å². The number of hydrogen-bond donors (Lipinski definition) is 1. The van der Waals surface area contributed by atoms with Gasteiger partial charge in [-0.15, -0.1) is 0 Å². The molecule has 0 fully saturated rings. The van der Waals surface area contributed by atoms with E-state index in [0.29, 0.717) is 4.77 Å². The summed E-state index contributed by atoms with van der Waals surface area (Å²) in [5, 5.41) is 6.88. The molecule has 96 valence electrons. The van der Waals surface area contributed by atoms with Crippen LogP contribution in [0, 0.1) is 4.77 Å². The summed E-state index contributed by atoms with van der Waals surface area (Å²) in [7, 11) is 3.49.